The molecule has 0 amide bonds. The molecule has 0 radical (unpaired) electrons. The highest BCUT2D eigenvalue weighted by atomic mass is 32.1. The van der Waals surface area contributed by atoms with Gasteiger partial charge in [-0.1, -0.05) is 0 Å². The van der Waals surface area contributed by atoms with Crippen LogP contribution in [0.2, 0.25) is 0 Å². The molecule has 0 aliphatic carbocycles. The van der Waals surface area contributed by atoms with Crippen LogP contribution >= 0.6 is 11.3 Å². The normalized spacial score (nSPS) is 10.7. The molecule has 2 aromatic rings. The maximum atomic E-state index is 13.6. The number of hydrogen-bond acceptors (Lipinski definition) is 2. The molecule has 68 valence electrons. The maximum absolute atomic E-state index is 13.6. The van der Waals surface area contributed by atoms with E-state index in [4.69, 9.17) is 4.74 Å². The topological polar surface area (TPSA) is 9.23 Å². The fourth-order valence-electron chi connectivity index (χ4n) is 1.35. The number of thiophene rings is 1. The lowest BCUT2D eigenvalue weighted by atomic mass is 10.1. The first-order chi connectivity index (χ1) is 6.24. The first-order valence-electron chi connectivity index (χ1n) is 3.94. The average Bonchev–Trinajstić information content (AvgIpc) is 2.59. The molecule has 0 aliphatic rings. The predicted octanol–water partition coefficient (Wildman–Crippen LogP) is 3.36. The van der Waals surface area contributed by atoms with E-state index < -0.39 is 0 Å². The Labute approximate surface area is 79.8 Å². The molecule has 0 atom stereocenters. The van der Waals surface area contributed by atoms with Crippen molar-refractivity contribution < 1.29 is 9.13 Å². The monoisotopic (exact) mass is 196 g/mol. The van der Waals surface area contributed by atoms with Crippen LogP contribution in [0.5, 0.6) is 5.75 Å². The average molecular weight is 196 g/mol. The van der Waals surface area contributed by atoms with Gasteiger partial charge >= 0.3 is 0 Å². The Hall–Kier alpha value is -1.09. The van der Waals surface area contributed by atoms with Gasteiger partial charge in [-0.15, -0.1) is 11.3 Å². The summed E-state index contributed by atoms with van der Waals surface area (Å²) in [6.45, 7) is 1.73. The first kappa shape index (κ1) is 8.51. The van der Waals surface area contributed by atoms with E-state index in [1.54, 1.807) is 14.0 Å². The van der Waals surface area contributed by atoms with Crippen molar-refractivity contribution in [3.05, 3.63) is 28.9 Å². The zero-order valence-electron chi connectivity index (χ0n) is 7.43. The molecule has 3 heteroatoms. The van der Waals surface area contributed by atoms with Crippen LogP contribution in [0.25, 0.3) is 10.1 Å². The Morgan fingerprint density at radius 1 is 1.46 bits per heavy atom. The quantitative estimate of drug-likeness (QED) is 0.679. The van der Waals surface area contributed by atoms with E-state index in [-0.39, 0.29) is 5.82 Å². The summed E-state index contributed by atoms with van der Waals surface area (Å²) in [4.78, 5) is 0. The van der Waals surface area contributed by atoms with Crippen LogP contribution in [0.3, 0.4) is 0 Å². The van der Waals surface area contributed by atoms with E-state index in [2.05, 4.69) is 0 Å². The van der Waals surface area contributed by atoms with Crippen molar-refractivity contribution in [2.45, 2.75) is 6.92 Å². The molecule has 0 bridgehead atoms. The van der Waals surface area contributed by atoms with Crippen LogP contribution in [-0.4, -0.2) is 7.11 Å². The van der Waals surface area contributed by atoms with Crippen LogP contribution in [0.1, 0.15) is 5.56 Å². The van der Waals surface area contributed by atoms with Gasteiger partial charge in [0.05, 0.1) is 11.8 Å². The van der Waals surface area contributed by atoms with Gasteiger partial charge in [0.15, 0.2) is 0 Å². The standard InChI is InChI=1S/C10H9FOS/c1-6-8(12-2)5-7-3-4-13-10(7)9(6)11/h3-5H,1-2H3. The highest BCUT2D eigenvalue weighted by Crippen LogP contribution is 2.32. The van der Waals surface area contributed by atoms with Crippen molar-refractivity contribution >= 4 is 21.4 Å². The van der Waals surface area contributed by atoms with Crippen LogP contribution in [-0.2, 0) is 0 Å². The molecule has 2 rings (SSSR count). The van der Waals surface area contributed by atoms with E-state index in [1.165, 1.54) is 11.3 Å². The van der Waals surface area contributed by atoms with E-state index >= 15 is 0 Å². The van der Waals surface area contributed by atoms with Gasteiger partial charge in [0.1, 0.15) is 11.6 Å². The SMILES string of the molecule is COc1cc2ccsc2c(F)c1C. The van der Waals surface area contributed by atoms with Crippen LogP contribution in [0.15, 0.2) is 17.5 Å². The lowest BCUT2D eigenvalue weighted by Gasteiger charge is -2.05. The predicted molar refractivity (Wildman–Crippen MR) is 53.1 cm³/mol. The lowest BCUT2D eigenvalue weighted by molar-refractivity contribution is 0.408. The van der Waals surface area contributed by atoms with Crippen LogP contribution in [0.4, 0.5) is 4.39 Å². The number of fused-ring (bicyclic) bond motifs is 1. The highest BCUT2D eigenvalue weighted by molar-refractivity contribution is 7.17. The molecule has 0 unspecified atom stereocenters. The Balaban J connectivity index is 2.83. The minimum Gasteiger partial charge on any atom is -0.496 e. The molecule has 13 heavy (non-hydrogen) atoms. The lowest BCUT2D eigenvalue weighted by Crippen LogP contribution is -1.90. The molecule has 0 aliphatic heterocycles. The van der Waals surface area contributed by atoms with Gasteiger partial charge in [0.2, 0.25) is 0 Å². The van der Waals surface area contributed by atoms with Gasteiger partial charge < -0.3 is 4.74 Å². The van der Waals surface area contributed by atoms with E-state index in [0.717, 1.165) is 5.39 Å². The number of hydrogen-bond donors (Lipinski definition) is 0. The fraction of sp³-hybridized carbons (Fsp3) is 0.200. The molecule has 0 N–H and O–H groups in total. The molecule has 1 aromatic heterocycles. The number of methoxy groups -OCH3 is 1. The summed E-state index contributed by atoms with van der Waals surface area (Å²) in [5, 5.41) is 2.79. The van der Waals surface area contributed by atoms with Crippen molar-refractivity contribution in [2.75, 3.05) is 7.11 Å². The summed E-state index contributed by atoms with van der Waals surface area (Å²) in [6.07, 6.45) is 0. The van der Waals surface area contributed by atoms with Gasteiger partial charge in [-0.05, 0) is 29.8 Å². The number of halogens is 1. The van der Waals surface area contributed by atoms with Crippen molar-refractivity contribution in [1.82, 2.24) is 0 Å². The molecule has 0 saturated heterocycles. The van der Waals surface area contributed by atoms with Gasteiger partial charge in [0, 0.05) is 5.56 Å². The Kier molecular flexibility index (Phi) is 1.96. The number of rotatable bonds is 1. The van der Waals surface area contributed by atoms with Gasteiger partial charge in [-0.3, -0.25) is 0 Å². The number of ether oxygens (including phenoxy) is 1. The fourth-order valence-corrected chi connectivity index (χ4v) is 2.22. The molecular formula is C10H9FOS. The summed E-state index contributed by atoms with van der Waals surface area (Å²) < 4.78 is 19.4. The van der Waals surface area contributed by atoms with E-state index in [1.807, 2.05) is 17.5 Å². The van der Waals surface area contributed by atoms with Crippen molar-refractivity contribution in [1.29, 1.82) is 0 Å². The minimum atomic E-state index is -0.163. The molecule has 0 saturated carbocycles. The largest absolute Gasteiger partial charge is 0.496 e. The third kappa shape index (κ3) is 1.20. The van der Waals surface area contributed by atoms with Gasteiger partial charge in [-0.25, -0.2) is 4.39 Å². The summed E-state index contributed by atoms with van der Waals surface area (Å²) in [5.74, 6) is 0.452. The Morgan fingerprint density at radius 2 is 2.23 bits per heavy atom. The zero-order chi connectivity index (χ0) is 9.42. The maximum Gasteiger partial charge on any atom is 0.147 e. The van der Waals surface area contributed by atoms with Gasteiger partial charge in [-0.2, -0.15) is 0 Å². The van der Waals surface area contributed by atoms with E-state index in [9.17, 15) is 4.39 Å². The van der Waals surface area contributed by atoms with Gasteiger partial charge in [0.25, 0.3) is 0 Å². The van der Waals surface area contributed by atoms with Crippen molar-refractivity contribution in [2.24, 2.45) is 0 Å². The summed E-state index contributed by atoms with van der Waals surface area (Å²) in [6, 6.07) is 3.76. The third-order valence-electron chi connectivity index (χ3n) is 2.10. The second-order valence-corrected chi connectivity index (χ2v) is 3.77. The first-order valence-corrected chi connectivity index (χ1v) is 4.82. The zero-order valence-corrected chi connectivity index (χ0v) is 8.24. The molecule has 1 nitrogen and oxygen atoms in total. The second-order valence-electron chi connectivity index (χ2n) is 2.86. The Morgan fingerprint density at radius 3 is 2.92 bits per heavy atom. The molecular weight excluding hydrogens is 187 g/mol. The molecule has 1 aromatic carbocycles. The van der Waals surface area contributed by atoms with Crippen LogP contribution in [0, 0.1) is 12.7 Å². The van der Waals surface area contributed by atoms with Crippen molar-refractivity contribution in [3.63, 3.8) is 0 Å². The minimum absolute atomic E-state index is 0.163. The smallest absolute Gasteiger partial charge is 0.147 e. The van der Waals surface area contributed by atoms with Crippen LogP contribution < -0.4 is 4.74 Å². The summed E-state index contributed by atoms with van der Waals surface area (Å²) in [7, 11) is 1.56. The molecule has 0 spiro atoms. The third-order valence-corrected chi connectivity index (χ3v) is 3.02. The molecule has 1 heterocycles. The highest BCUT2D eigenvalue weighted by Gasteiger charge is 2.10. The summed E-state index contributed by atoms with van der Waals surface area (Å²) in [5.41, 5.74) is 0.581. The summed E-state index contributed by atoms with van der Waals surface area (Å²) >= 11 is 1.42. The second kappa shape index (κ2) is 3.00. The number of benzene rings is 1. The Bertz CT molecular complexity index is 447. The molecule has 0 fully saturated rings. The van der Waals surface area contributed by atoms with Crippen molar-refractivity contribution in [3.8, 4) is 5.75 Å². The van der Waals surface area contributed by atoms with E-state index in [0.29, 0.717) is 16.0 Å².